The molecule has 0 radical (unpaired) electrons. The molecule has 7 aliphatic rings. The van der Waals surface area contributed by atoms with Crippen molar-refractivity contribution in [1.82, 2.24) is 15.2 Å². The summed E-state index contributed by atoms with van der Waals surface area (Å²) in [4.78, 5) is 19.3. The lowest BCUT2D eigenvalue weighted by Gasteiger charge is -2.72. The number of sulfone groups is 1. The SMILES string of the molecule is C=C(C)[C@@H]1CC[C@]2(NCCN3CCS(=O)(=O)CC3)CC[C@]3(C)[C@H](CC[C@@H]4[C@@]5(C)CC=C(C6=CCC(COc7ccc(C#N)cn7)(C(=O)O)CC6)C(C)(C)[C@@H]5CC[C@]43C)[C@@H]12. The molecule has 9 nitrogen and oxygen atoms in total. The Morgan fingerprint density at radius 3 is 2.39 bits per heavy atom. The summed E-state index contributed by atoms with van der Waals surface area (Å²) in [5, 5.41) is 23.8. The molecule has 1 aliphatic heterocycles. The van der Waals surface area contributed by atoms with E-state index in [2.05, 4.69) is 81.5 Å². The highest BCUT2D eigenvalue weighted by molar-refractivity contribution is 7.91. The average molecular weight is 827 g/mol. The van der Waals surface area contributed by atoms with Crippen LogP contribution in [0.2, 0.25) is 0 Å². The first kappa shape index (κ1) is 42.7. The first-order valence-corrected chi connectivity index (χ1v) is 24.6. The van der Waals surface area contributed by atoms with E-state index >= 15 is 0 Å². The molecule has 10 heteroatoms. The smallest absolute Gasteiger partial charge is 0.313 e. The number of carboxylic acid groups (broad SMARTS) is 1. The van der Waals surface area contributed by atoms with E-state index in [4.69, 9.17) is 10.00 Å². The maximum atomic E-state index is 12.8. The quantitative estimate of drug-likeness (QED) is 0.222. The zero-order valence-corrected chi connectivity index (χ0v) is 37.6. The molecule has 0 aromatic carbocycles. The lowest BCUT2D eigenvalue weighted by molar-refractivity contribution is -0.221. The Labute approximate surface area is 354 Å². The average Bonchev–Trinajstić information content (AvgIpc) is 3.58. The molecule has 10 atom stereocenters. The molecule has 0 amide bonds. The number of hydrogen-bond acceptors (Lipinski definition) is 8. The van der Waals surface area contributed by atoms with Crippen LogP contribution in [0.3, 0.4) is 0 Å². The molecule has 1 unspecified atom stereocenters. The van der Waals surface area contributed by atoms with Gasteiger partial charge >= 0.3 is 5.97 Å². The number of carbonyl (C=O) groups is 1. The van der Waals surface area contributed by atoms with Gasteiger partial charge in [0, 0.05) is 44.0 Å². The summed E-state index contributed by atoms with van der Waals surface area (Å²) in [5.41, 5.74) is 4.32. The maximum absolute atomic E-state index is 12.8. The Bertz CT molecular complexity index is 2040. The highest BCUT2D eigenvalue weighted by Crippen LogP contribution is 2.76. The topological polar surface area (TPSA) is 133 Å². The minimum absolute atomic E-state index is 0.0231. The van der Waals surface area contributed by atoms with Crippen LogP contribution in [0.4, 0.5) is 0 Å². The van der Waals surface area contributed by atoms with Crippen molar-refractivity contribution in [2.45, 2.75) is 124 Å². The third kappa shape index (κ3) is 6.96. The van der Waals surface area contributed by atoms with Gasteiger partial charge in [0.05, 0.1) is 17.1 Å². The number of aromatic nitrogens is 1. The molecule has 1 aromatic heterocycles. The normalized spacial score (nSPS) is 41.1. The van der Waals surface area contributed by atoms with Crippen molar-refractivity contribution >= 4 is 15.8 Å². The highest BCUT2D eigenvalue weighted by Gasteiger charge is 2.70. The Balaban J connectivity index is 1.000. The first-order valence-electron chi connectivity index (χ1n) is 22.8. The molecule has 1 saturated heterocycles. The van der Waals surface area contributed by atoms with Crippen LogP contribution < -0.4 is 10.1 Å². The van der Waals surface area contributed by atoms with Crippen LogP contribution in [0.25, 0.3) is 0 Å². The van der Waals surface area contributed by atoms with Crippen molar-refractivity contribution in [2.75, 3.05) is 44.3 Å². The minimum Gasteiger partial charge on any atom is -0.481 e. The third-order valence-electron chi connectivity index (χ3n) is 18.8. The number of nitrogens with zero attached hydrogens (tertiary/aromatic N) is 3. The van der Waals surface area contributed by atoms with Gasteiger partial charge in [0.25, 0.3) is 0 Å². The molecule has 8 rings (SSSR count). The molecule has 0 bridgehead atoms. The van der Waals surface area contributed by atoms with Crippen molar-refractivity contribution < 1.29 is 23.1 Å². The summed E-state index contributed by atoms with van der Waals surface area (Å²) in [7, 11) is -2.88. The maximum Gasteiger partial charge on any atom is 0.313 e. The lowest BCUT2D eigenvalue weighted by atomic mass is 9.33. The molecular formula is C49H70N4O5S. The standard InChI is InChI=1S/C49H70N4O5S/c1-33(2)36-14-21-49(52-24-25-53-26-28-59(56,57)29-27-53)23-22-46(6)38(42(36)49)9-10-40-45(5)17-15-37(44(3,4)39(45)16-18-47(40,46)7)35-12-19-48(20-13-35,43(54)55)32-58-41-11-8-34(30-50)31-51-41/h8,11-12,15,31,36,38-40,42,52H,1,9-10,13-14,16-29,32H2,2-7H3,(H,54,55)/t36-,38+,39-,40+,42+,45-,46+,47+,48?,49-/m0/s1. The molecular weight excluding hydrogens is 757 g/mol. The van der Waals surface area contributed by atoms with Gasteiger partial charge in [0.1, 0.15) is 18.1 Å². The second kappa shape index (κ2) is 15.1. The molecule has 4 saturated carbocycles. The fraction of sp³-hybridized carbons (Fsp3) is 0.735. The van der Waals surface area contributed by atoms with Crippen LogP contribution in [0.1, 0.15) is 124 Å². The van der Waals surface area contributed by atoms with Crippen LogP contribution in [0, 0.1) is 68.0 Å². The second-order valence-corrected chi connectivity index (χ2v) is 23.9. The largest absolute Gasteiger partial charge is 0.481 e. The van der Waals surface area contributed by atoms with Crippen molar-refractivity contribution in [3.05, 3.63) is 59.3 Å². The Kier molecular flexibility index (Phi) is 10.9. The van der Waals surface area contributed by atoms with Gasteiger partial charge < -0.3 is 20.1 Å². The molecule has 1 aromatic rings. The van der Waals surface area contributed by atoms with E-state index in [0.29, 0.717) is 67.0 Å². The molecule has 2 N–H and O–H groups in total. The van der Waals surface area contributed by atoms with Gasteiger partial charge in [-0.2, -0.15) is 5.26 Å². The van der Waals surface area contributed by atoms with Gasteiger partial charge in [-0.05, 0) is 152 Å². The number of aliphatic carboxylic acids is 1. The number of fused-ring (bicyclic) bond motifs is 7. The molecule has 5 fully saturated rings. The molecule has 2 heterocycles. The summed E-state index contributed by atoms with van der Waals surface area (Å²) >= 11 is 0. The number of ether oxygens (including phenoxy) is 1. The van der Waals surface area contributed by atoms with E-state index in [9.17, 15) is 18.3 Å². The second-order valence-electron chi connectivity index (χ2n) is 21.6. The van der Waals surface area contributed by atoms with Gasteiger partial charge in [-0.25, -0.2) is 13.4 Å². The first-order chi connectivity index (χ1) is 27.8. The van der Waals surface area contributed by atoms with E-state index < -0.39 is 21.2 Å². The van der Waals surface area contributed by atoms with Gasteiger partial charge in [0.15, 0.2) is 9.84 Å². The predicted molar refractivity (Wildman–Crippen MR) is 232 cm³/mol. The Morgan fingerprint density at radius 2 is 1.75 bits per heavy atom. The van der Waals surface area contributed by atoms with Crippen molar-refractivity contribution in [3.8, 4) is 11.9 Å². The van der Waals surface area contributed by atoms with E-state index in [1.165, 1.54) is 74.3 Å². The fourth-order valence-corrected chi connectivity index (χ4v) is 16.6. The van der Waals surface area contributed by atoms with Gasteiger partial charge in [-0.3, -0.25) is 4.79 Å². The summed E-state index contributed by atoms with van der Waals surface area (Å²) in [5.74, 6) is 3.05. The van der Waals surface area contributed by atoms with E-state index in [1.54, 1.807) is 12.1 Å². The van der Waals surface area contributed by atoms with Crippen molar-refractivity contribution in [1.29, 1.82) is 5.26 Å². The fourth-order valence-electron chi connectivity index (χ4n) is 15.3. The van der Waals surface area contributed by atoms with E-state index in [0.717, 1.165) is 25.9 Å². The number of allylic oxidation sites excluding steroid dienone is 5. The molecule has 59 heavy (non-hydrogen) atoms. The van der Waals surface area contributed by atoms with E-state index in [-0.39, 0.29) is 45.3 Å². The number of rotatable bonds is 10. The number of nitriles is 1. The Morgan fingerprint density at radius 1 is 0.983 bits per heavy atom. The van der Waals surface area contributed by atoms with Crippen LogP contribution in [-0.4, -0.2) is 79.2 Å². The number of pyridine rings is 1. The summed E-state index contributed by atoms with van der Waals surface area (Å²) < 4.78 is 30.1. The van der Waals surface area contributed by atoms with Crippen LogP contribution in [0.5, 0.6) is 5.88 Å². The van der Waals surface area contributed by atoms with Crippen molar-refractivity contribution in [2.24, 2.45) is 56.7 Å². The van der Waals surface area contributed by atoms with Crippen LogP contribution >= 0.6 is 0 Å². The molecule has 6 aliphatic carbocycles. The van der Waals surface area contributed by atoms with Gasteiger partial charge in [-0.1, -0.05) is 58.9 Å². The zero-order chi connectivity index (χ0) is 42.2. The number of carboxylic acids is 1. The van der Waals surface area contributed by atoms with Crippen LogP contribution in [0.15, 0.2) is 53.8 Å². The van der Waals surface area contributed by atoms with Crippen LogP contribution in [-0.2, 0) is 14.6 Å². The summed E-state index contributed by atoms with van der Waals surface area (Å²) in [6.07, 6.45) is 18.9. The van der Waals surface area contributed by atoms with Gasteiger partial charge in [-0.15, -0.1) is 0 Å². The third-order valence-corrected chi connectivity index (χ3v) is 20.4. The minimum atomic E-state index is -2.88. The van der Waals surface area contributed by atoms with E-state index in [1.807, 2.05) is 0 Å². The number of hydrogen-bond donors (Lipinski definition) is 2. The lowest BCUT2D eigenvalue weighted by Crippen LogP contribution is -2.68. The Hall–Kier alpha value is -3.00. The molecule has 322 valence electrons. The molecule has 0 spiro atoms. The zero-order valence-electron chi connectivity index (χ0n) is 36.7. The highest BCUT2D eigenvalue weighted by atomic mass is 32.2. The monoisotopic (exact) mass is 827 g/mol. The van der Waals surface area contributed by atoms with Gasteiger partial charge in [0.2, 0.25) is 5.88 Å². The predicted octanol–water partition coefficient (Wildman–Crippen LogP) is 8.78. The number of nitrogens with one attached hydrogen (secondary N) is 1. The summed E-state index contributed by atoms with van der Waals surface area (Å²) in [6.45, 7) is 23.1. The summed E-state index contributed by atoms with van der Waals surface area (Å²) in [6, 6.07) is 5.34. The van der Waals surface area contributed by atoms with Crippen molar-refractivity contribution in [3.63, 3.8) is 0 Å².